The molecule has 64 valence electrons. The minimum absolute atomic E-state index is 0.0128. The van der Waals surface area contributed by atoms with Gasteiger partial charge in [-0.3, -0.25) is 4.79 Å². The Morgan fingerprint density at radius 2 is 1.92 bits per heavy atom. The number of hydrogen-bond donors (Lipinski definition) is 0. The highest BCUT2D eigenvalue weighted by molar-refractivity contribution is 5.95. The van der Waals surface area contributed by atoms with Gasteiger partial charge >= 0.3 is 0 Å². The molecule has 1 atom stereocenters. The molecule has 0 bridgehead atoms. The Bertz CT molecular complexity index is 368. The lowest BCUT2D eigenvalue weighted by atomic mass is 10.0. The van der Waals surface area contributed by atoms with Gasteiger partial charge in [0.15, 0.2) is 11.8 Å². The summed E-state index contributed by atoms with van der Waals surface area (Å²) in [5, 5.41) is 7.58. The van der Waals surface area contributed by atoms with Crippen LogP contribution in [0, 0.1) is 0 Å². The van der Waals surface area contributed by atoms with E-state index in [1.165, 1.54) is 12.3 Å². The summed E-state index contributed by atoms with van der Waals surface area (Å²) in [5.41, 5.74) is 0.889. The van der Waals surface area contributed by atoms with E-state index < -0.39 is 6.04 Å². The maximum absolute atomic E-state index is 11.4. The van der Waals surface area contributed by atoms with Crippen molar-refractivity contribution in [3.05, 3.63) is 48.2 Å². The Hall–Kier alpha value is -1.77. The highest BCUT2D eigenvalue weighted by atomic mass is 16.1. The number of nitrogens with zero attached hydrogens (tertiary/aromatic N) is 2. The number of carbonyl (C=O) groups is 1. The van der Waals surface area contributed by atoms with Crippen molar-refractivity contribution in [1.29, 1.82) is 0 Å². The fourth-order valence-electron chi connectivity index (χ4n) is 1.23. The number of carbonyl (C=O) groups excluding carboxylic acids is 1. The number of ketones is 1. The van der Waals surface area contributed by atoms with Crippen molar-refractivity contribution in [2.24, 2.45) is 10.2 Å². The van der Waals surface area contributed by atoms with Gasteiger partial charge in [-0.15, -0.1) is 0 Å². The van der Waals surface area contributed by atoms with E-state index in [4.69, 9.17) is 0 Å². The summed E-state index contributed by atoms with van der Waals surface area (Å²) in [6, 6.07) is 8.99. The molecule has 1 aliphatic heterocycles. The first-order valence-corrected chi connectivity index (χ1v) is 4.03. The lowest BCUT2D eigenvalue weighted by Crippen LogP contribution is -2.08. The minimum atomic E-state index is -0.439. The van der Waals surface area contributed by atoms with Gasteiger partial charge in [-0.25, -0.2) is 0 Å². The van der Waals surface area contributed by atoms with Crippen molar-refractivity contribution in [3.8, 4) is 0 Å². The van der Waals surface area contributed by atoms with Crippen molar-refractivity contribution in [1.82, 2.24) is 0 Å². The molecular formula is C10H8N2O. The van der Waals surface area contributed by atoms with Crippen LogP contribution in [0.1, 0.15) is 11.6 Å². The zero-order chi connectivity index (χ0) is 9.10. The fourth-order valence-corrected chi connectivity index (χ4v) is 1.23. The van der Waals surface area contributed by atoms with Crippen LogP contribution in [0.4, 0.5) is 0 Å². The van der Waals surface area contributed by atoms with Gasteiger partial charge in [0.2, 0.25) is 0 Å². The topological polar surface area (TPSA) is 41.8 Å². The smallest absolute Gasteiger partial charge is 0.188 e. The molecule has 13 heavy (non-hydrogen) atoms. The quantitative estimate of drug-likeness (QED) is 0.640. The van der Waals surface area contributed by atoms with Crippen LogP contribution < -0.4 is 0 Å². The molecule has 0 saturated heterocycles. The van der Waals surface area contributed by atoms with Gasteiger partial charge in [0, 0.05) is 6.08 Å². The number of hydrogen-bond acceptors (Lipinski definition) is 3. The molecule has 0 saturated carbocycles. The van der Waals surface area contributed by atoms with Crippen molar-refractivity contribution < 1.29 is 4.79 Å². The van der Waals surface area contributed by atoms with E-state index in [-0.39, 0.29) is 5.78 Å². The van der Waals surface area contributed by atoms with Crippen molar-refractivity contribution >= 4 is 5.78 Å². The minimum Gasteiger partial charge on any atom is -0.292 e. The second-order valence-electron chi connectivity index (χ2n) is 2.76. The van der Waals surface area contributed by atoms with Gasteiger partial charge in [0.05, 0.1) is 6.20 Å². The van der Waals surface area contributed by atoms with E-state index in [2.05, 4.69) is 10.2 Å². The molecule has 3 nitrogen and oxygen atoms in total. The van der Waals surface area contributed by atoms with E-state index in [9.17, 15) is 4.79 Å². The number of rotatable bonds is 1. The number of azo groups is 1. The first kappa shape index (κ1) is 7.86. The van der Waals surface area contributed by atoms with Crippen LogP contribution in [0.15, 0.2) is 52.8 Å². The molecule has 0 N–H and O–H groups in total. The Balaban J connectivity index is 2.32. The lowest BCUT2D eigenvalue weighted by Gasteiger charge is -2.09. The molecule has 0 aliphatic carbocycles. The molecule has 3 heteroatoms. The van der Waals surface area contributed by atoms with Gasteiger partial charge in [0.25, 0.3) is 0 Å². The predicted octanol–water partition coefficient (Wildman–Crippen LogP) is 2.28. The summed E-state index contributed by atoms with van der Waals surface area (Å²) in [5.74, 6) is -0.0128. The van der Waals surface area contributed by atoms with E-state index in [0.29, 0.717) is 0 Å². The molecule has 0 radical (unpaired) electrons. The van der Waals surface area contributed by atoms with Crippen LogP contribution in [0.25, 0.3) is 0 Å². The largest absolute Gasteiger partial charge is 0.292 e. The average molecular weight is 172 g/mol. The van der Waals surface area contributed by atoms with Crippen LogP contribution in [-0.2, 0) is 4.79 Å². The van der Waals surface area contributed by atoms with Gasteiger partial charge in [-0.2, -0.15) is 10.2 Å². The zero-order valence-electron chi connectivity index (χ0n) is 6.92. The highest BCUT2D eigenvalue weighted by Gasteiger charge is 2.18. The fraction of sp³-hybridized carbons (Fsp3) is 0.100. The van der Waals surface area contributed by atoms with Crippen molar-refractivity contribution in [3.63, 3.8) is 0 Å². The summed E-state index contributed by atoms with van der Waals surface area (Å²) in [4.78, 5) is 11.4. The normalized spacial score (nSPS) is 20.6. The molecule has 0 spiro atoms. The molecule has 1 aromatic carbocycles. The van der Waals surface area contributed by atoms with E-state index in [1.54, 1.807) is 0 Å². The first-order chi connectivity index (χ1) is 6.38. The third kappa shape index (κ3) is 1.54. The molecule has 0 amide bonds. The lowest BCUT2D eigenvalue weighted by molar-refractivity contribution is -0.116. The summed E-state index contributed by atoms with van der Waals surface area (Å²) in [6.07, 6.45) is 2.87. The van der Waals surface area contributed by atoms with Gasteiger partial charge in [0.1, 0.15) is 0 Å². The summed E-state index contributed by atoms with van der Waals surface area (Å²) in [6.45, 7) is 0. The molecule has 1 aliphatic rings. The second-order valence-corrected chi connectivity index (χ2v) is 2.76. The van der Waals surface area contributed by atoms with Crippen LogP contribution in [-0.4, -0.2) is 5.78 Å². The summed E-state index contributed by atoms with van der Waals surface area (Å²) < 4.78 is 0. The Kier molecular flexibility index (Phi) is 2.00. The summed E-state index contributed by atoms with van der Waals surface area (Å²) in [7, 11) is 0. The highest BCUT2D eigenvalue weighted by Crippen LogP contribution is 2.21. The van der Waals surface area contributed by atoms with E-state index in [1.807, 2.05) is 30.3 Å². The van der Waals surface area contributed by atoms with Crippen LogP contribution in [0.3, 0.4) is 0 Å². The molecule has 0 fully saturated rings. The van der Waals surface area contributed by atoms with E-state index >= 15 is 0 Å². The first-order valence-electron chi connectivity index (χ1n) is 4.03. The Morgan fingerprint density at radius 3 is 2.62 bits per heavy atom. The zero-order valence-corrected chi connectivity index (χ0v) is 6.92. The van der Waals surface area contributed by atoms with Crippen LogP contribution in [0.2, 0.25) is 0 Å². The van der Waals surface area contributed by atoms with Crippen molar-refractivity contribution in [2.75, 3.05) is 0 Å². The van der Waals surface area contributed by atoms with Crippen LogP contribution >= 0.6 is 0 Å². The van der Waals surface area contributed by atoms with Gasteiger partial charge in [-0.05, 0) is 5.56 Å². The molecule has 0 aromatic heterocycles. The monoisotopic (exact) mass is 172 g/mol. The van der Waals surface area contributed by atoms with Crippen LogP contribution in [0.5, 0.6) is 0 Å². The third-order valence-electron chi connectivity index (χ3n) is 1.87. The average Bonchev–Trinajstić information content (AvgIpc) is 2.20. The predicted molar refractivity (Wildman–Crippen MR) is 48.2 cm³/mol. The molecule has 1 heterocycles. The molecular weight excluding hydrogens is 164 g/mol. The van der Waals surface area contributed by atoms with Gasteiger partial charge in [-0.1, -0.05) is 30.3 Å². The number of benzene rings is 1. The van der Waals surface area contributed by atoms with Crippen molar-refractivity contribution in [2.45, 2.75) is 6.04 Å². The molecule has 2 rings (SSSR count). The third-order valence-corrected chi connectivity index (χ3v) is 1.87. The maximum atomic E-state index is 11.4. The van der Waals surface area contributed by atoms with E-state index in [0.717, 1.165) is 5.56 Å². The second kappa shape index (κ2) is 3.31. The Labute approximate surface area is 75.8 Å². The molecule has 1 unspecified atom stereocenters. The summed E-state index contributed by atoms with van der Waals surface area (Å²) >= 11 is 0. The maximum Gasteiger partial charge on any atom is 0.188 e. The van der Waals surface area contributed by atoms with Gasteiger partial charge < -0.3 is 0 Å². The molecule has 1 aromatic rings. The Morgan fingerprint density at radius 1 is 1.15 bits per heavy atom. The standard InChI is InChI=1S/C10H8N2O/c13-9-6-7-11-12-10(9)8-4-2-1-3-5-8/h1-7,10H. The SMILES string of the molecule is O=C1C=CN=NC1c1ccccc1.